The van der Waals surface area contributed by atoms with Crippen LogP contribution < -0.4 is 11.4 Å². The third-order valence-corrected chi connectivity index (χ3v) is 2.01. The molecule has 1 unspecified atom stereocenters. The van der Waals surface area contributed by atoms with Crippen molar-refractivity contribution in [3.05, 3.63) is 40.5 Å². The van der Waals surface area contributed by atoms with Gasteiger partial charge in [0.2, 0.25) is 0 Å². The van der Waals surface area contributed by atoms with Gasteiger partial charge in [0.1, 0.15) is 5.76 Å². The number of hydrogen-bond donors (Lipinski definition) is 1. The summed E-state index contributed by atoms with van der Waals surface area (Å²) < 4.78 is 5.01. The quantitative estimate of drug-likeness (QED) is 0.796. The van der Waals surface area contributed by atoms with Crippen LogP contribution in [0.2, 0.25) is 0 Å². The van der Waals surface area contributed by atoms with E-state index in [0.717, 1.165) is 18.4 Å². The Balaban J connectivity index is 3.02. The standard InChI is InChI=1S/C11H15NO2/c1-3-5-9(12)10-6-8(4-2)7-11(13)14-10/h4,6-7,9H,2-3,5,12H2,1H3. The zero-order valence-electron chi connectivity index (χ0n) is 8.32. The minimum absolute atomic E-state index is 0.201. The van der Waals surface area contributed by atoms with Gasteiger partial charge in [-0.2, -0.15) is 0 Å². The molecule has 0 amide bonds. The summed E-state index contributed by atoms with van der Waals surface area (Å²) in [5.74, 6) is 0.536. The highest BCUT2D eigenvalue weighted by molar-refractivity contribution is 5.46. The molecule has 0 saturated carbocycles. The summed E-state index contributed by atoms with van der Waals surface area (Å²) in [5, 5.41) is 0. The summed E-state index contributed by atoms with van der Waals surface area (Å²) in [6.07, 6.45) is 3.38. The summed E-state index contributed by atoms with van der Waals surface area (Å²) in [4.78, 5) is 11.1. The molecule has 1 rings (SSSR count). The lowest BCUT2D eigenvalue weighted by Gasteiger charge is -2.08. The van der Waals surface area contributed by atoms with Gasteiger partial charge in [-0.1, -0.05) is 26.0 Å². The van der Waals surface area contributed by atoms with Crippen LogP contribution >= 0.6 is 0 Å². The van der Waals surface area contributed by atoms with Gasteiger partial charge in [-0.3, -0.25) is 0 Å². The molecule has 0 spiro atoms. The average molecular weight is 193 g/mol. The molecule has 1 aromatic rings. The molecule has 1 heterocycles. The van der Waals surface area contributed by atoms with E-state index < -0.39 is 0 Å². The van der Waals surface area contributed by atoms with Crippen LogP contribution in [0.5, 0.6) is 0 Å². The van der Waals surface area contributed by atoms with Crippen LogP contribution in [0, 0.1) is 0 Å². The van der Waals surface area contributed by atoms with E-state index in [1.807, 2.05) is 6.92 Å². The highest BCUT2D eigenvalue weighted by atomic mass is 16.4. The number of hydrogen-bond acceptors (Lipinski definition) is 3. The van der Waals surface area contributed by atoms with E-state index in [9.17, 15) is 4.79 Å². The molecular formula is C11H15NO2. The Morgan fingerprint density at radius 2 is 2.36 bits per heavy atom. The molecule has 76 valence electrons. The van der Waals surface area contributed by atoms with E-state index in [4.69, 9.17) is 10.2 Å². The SMILES string of the molecule is C=Cc1cc(C(N)CCC)oc(=O)c1. The van der Waals surface area contributed by atoms with Crippen LogP contribution in [0.15, 0.2) is 27.9 Å². The third-order valence-electron chi connectivity index (χ3n) is 2.01. The lowest BCUT2D eigenvalue weighted by atomic mass is 10.1. The van der Waals surface area contributed by atoms with Gasteiger partial charge in [-0.05, 0) is 18.1 Å². The van der Waals surface area contributed by atoms with Crippen molar-refractivity contribution in [2.75, 3.05) is 0 Å². The molecule has 14 heavy (non-hydrogen) atoms. The van der Waals surface area contributed by atoms with Gasteiger partial charge in [0.15, 0.2) is 0 Å². The third kappa shape index (κ3) is 2.57. The monoisotopic (exact) mass is 193 g/mol. The van der Waals surface area contributed by atoms with Gasteiger partial charge in [0.05, 0.1) is 6.04 Å². The van der Waals surface area contributed by atoms with Gasteiger partial charge in [0, 0.05) is 6.07 Å². The lowest BCUT2D eigenvalue weighted by Crippen LogP contribution is -2.13. The topological polar surface area (TPSA) is 56.2 Å². The molecule has 0 aliphatic carbocycles. The van der Waals surface area contributed by atoms with Gasteiger partial charge in [0.25, 0.3) is 0 Å². The van der Waals surface area contributed by atoms with Crippen molar-refractivity contribution in [3.8, 4) is 0 Å². The van der Waals surface area contributed by atoms with E-state index in [1.165, 1.54) is 6.07 Å². The normalized spacial score (nSPS) is 12.4. The predicted octanol–water partition coefficient (Wildman–Crippen LogP) is 2.08. The minimum atomic E-state index is -0.371. The summed E-state index contributed by atoms with van der Waals surface area (Å²) in [5.41, 5.74) is 6.21. The molecule has 1 atom stereocenters. The number of rotatable bonds is 4. The highest BCUT2D eigenvalue weighted by Crippen LogP contribution is 2.15. The molecule has 0 bridgehead atoms. The van der Waals surface area contributed by atoms with Crippen molar-refractivity contribution >= 4 is 6.08 Å². The smallest absolute Gasteiger partial charge is 0.336 e. The van der Waals surface area contributed by atoms with Crippen LogP contribution in [0.1, 0.15) is 37.1 Å². The van der Waals surface area contributed by atoms with Crippen LogP contribution in [0.25, 0.3) is 6.08 Å². The van der Waals surface area contributed by atoms with Gasteiger partial charge >= 0.3 is 5.63 Å². The first-order valence-corrected chi connectivity index (χ1v) is 4.70. The molecule has 0 radical (unpaired) electrons. The fourth-order valence-corrected chi connectivity index (χ4v) is 1.27. The van der Waals surface area contributed by atoms with E-state index in [2.05, 4.69) is 6.58 Å². The largest absolute Gasteiger partial charge is 0.426 e. The Bertz CT molecular complexity index is 368. The fourth-order valence-electron chi connectivity index (χ4n) is 1.27. The van der Waals surface area contributed by atoms with Crippen molar-refractivity contribution in [1.29, 1.82) is 0 Å². The second kappa shape index (κ2) is 4.77. The molecule has 3 nitrogen and oxygen atoms in total. The maximum absolute atomic E-state index is 11.1. The zero-order valence-corrected chi connectivity index (χ0v) is 8.32. The van der Waals surface area contributed by atoms with Crippen LogP contribution in [-0.2, 0) is 0 Å². The Hall–Kier alpha value is -1.35. The van der Waals surface area contributed by atoms with Crippen molar-refractivity contribution < 1.29 is 4.42 Å². The molecule has 0 saturated heterocycles. The summed E-state index contributed by atoms with van der Waals surface area (Å²) in [6.45, 7) is 5.63. The number of nitrogens with two attached hydrogens (primary N) is 1. The van der Waals surface area contributed by atoms with Crippen LogP contribution in [-0.4, -0.2) is 0 Å². The first-order valence-electron chi connectivity index (χ1n) is 4.70. The van der Waals surface area contributed by atoms with E-state index in [0.29, 0.717) is 5.76 Å². The molecule has 0 fully saturated rings. The van der Waals surface area contributed by atoms with Crippen molar-refractivity contribution in [2.45, 2.75) is 25.8 Å². The van der Waals surface area contributed by atoms with Crippen LogP contribution in [0.3, 0.4) is 0 Å². The molecule has 3 heteroatoms. The Kier molecular flexibility index (Phi) is 3.65. The molecule has 0 aliphatic rings. The average Bonchev–Trinajstić information content (AvgIpc) is 2.17. The second-order valence-corrected chi connectivity index (χ2v) is 3.21. The van der Waals surface area contributed by atoms with Crippen molar-refractivity contribution in [3.63, 3.8) is 0 Å². The van der Waals surface area contributed by atoms with Gasteiger partial charge in [-0.25, -0.2) is 4.79 Å². The van der Waals surface area contributed by atoms with E-state index >= 15 is 0 Å². The Morgan fingerprint density at radius 1 is 1.64 bits per heavy atom. The fraction of sp³-hybridized carbons (Fsp3) is 0.364. The molecule has 0 aliphatic heterocycles. The highest BCUT2D eigenvalue weighted by Gasteiger charge is 2.08. The Morgan fingerprint density at radius 3 is 2.93 bits per heavy atom. The lowest BCUT2D eigenvalue weighted by molar-refractivity contribution is 0.412. The first kappa shape index (κ1) is 10.7. The maximum Gasteiger partial charge on any atom is 0.336 e. The second-order valence-electron chi connectivity index (χ2n) is 3.21. The summed E-state index contributed by atoms with van der Waals surface area (Å²) in [7, 11) is 0. The van der Waals surface area contributed by atoms with E-state index in [-0.39, 0.29) is 11.7 Å². The van der Waals surface area contributed by atoms with E-state index in [1.54, 1.807) is 12.1 Å². The van der Waals surface area contributed by atoms with Gasteiger partial charge < -0.3 is 10.2 Å². The summed E-state index contributed by atoms with van der Waals surface area (Å²) in [6, 6.07) is 2.96. The van der Waals surface area contributed by atoms with Gasteiger partial charge in [-0.15, -0.1) is 0 Å². The molecular weight excluding hydrogens is 178 g/mol. The minimum Gasteiger partial charge on any atom is -0.426 e. The zero-order chi connectivity index (χ0) is 10.6. The maximum atomic E-state index is 11.1. The van der Waals surface area contributed by atoms with Crippen molar-refractivity contribution in [1.82, 2.24) is 0 Å². The first-order chi connectivity index (χ1) is 6.67. The van der Waals surface area contributed by atoms with Crippen molar-refractivity contribution in [2.24, 2.45) is 5.73 Å². The van der Waals surface area contributed by atoms with Crippen LogP contribution in [0.4, 0.5) is 0 Å². The molecule has 0 aromatic carbocycles. The molecule has 2 N–H and O–H groups in total. The predicted molar refractivity (Wildman–Crippen MR) is 56.9 cm³/mol. The Labute approximate surface area is 83.2 Å². The molecule has 1 aromatic heterocycles. The summed E-state index contributed by atoms with van der Waals surface area (Å²) >= 11 is 0.